The molecule has 0 amide bonds. The Morgan fingerprint density at radius 3 is 1.67 bits per heavy atom. The third-order valence-corrected chi connectivity index (χ3v) is 0.231. The third kappa shape index (κ3) is 3.75. The van der Waals surface area contributed by atoms with Crippen LogP contribution in [0.25, 0.3) is 0 Å². The molecule has 0 aliphatic rings. The zero-order valence-corrected chi connectivity index (χ0v) is 2.92. The predicted molar refractivity (Wildman–Crippen MR) is 17.2 cm³/mol. The Bertz CT molecular complexity index is 42.7. The lowest BCUT2D eigenvalue weighted by Crippen LogP contribution is -2.21. The van der Waals surface area contributed by atoms with E-state index in [1.165, 1.54) is 0 Å². The van der Waals surface area contributed by atoms with Gasteiger partial charge in [-0.2, -0.15) is 13.2 Å². The average molecular weight is 101 g/mol. The number of hydrogen-bond acceptors (Lipinski definition) is 1. The molecule has 0 rings (SSSR count). The minimum Gasteiger partial charge on any atom is -0.323 e. The molecule has 0 atom stereocenters. The average Bonchev–Trinajstić information content (AvgIpc) is 1.35. The van der Waals surface area contributed by atoms with Gasteiger partial charge < -0.3 is 5.73 Å². The number of halogens is 3. The fourth-order valence-corrected chi connectivity index (χ4v) is 0. The van der Waals surface area contributed by atoms with E-state index in [0.29, 0.717) is 0 Å². The molecule has 1 nitrogen and oxygen atoms in total. The van der Waals surface area contributed by atoms with Crippen molar-refractivity contribution in [3.05, 3.63) is 0 Å². The normalized spacial score (nSPS) is 12.0. The monoisotopic (exact) mass is 101 g/mol. The summed E-state index contributed by atoms with van der Waals surface area (Å²) in [6.07, 6.45) is -4.18. The molecule has 0 aromatic heterocycles. The van der Waals surface area contributed by atoms with Gasteiger partial charge >= 0.3 is 6.18 Å². The minimum absolute atomic E-state index is 0. The first-order valence-electron chi connectivity index (χ1n) is 1.33. The van der Waals surface area contributed by atoms with Gasteiger partial charge in [-0.1, -0.05) is 0 Å². The van der Waals surface area contributed by atoms with Crippen LogP contribution in [0.4, 0.5) is 13.2 Å². The van der Waals surface area contributed by atoms with Crippen molar-refractivity contribution in [1.29, 1.82) is 0 Å². The van der Waals surface area contributed by atoms with Crippen LogP contribution in [0, 0.1) is 0 Å². The Morgan fingerprint density at radius 2 is 1.67 bits per heavy atom. The van der Waals surface area contributed by atoms with E-state index in [1.54, 1.807) is 0 Å². The summed E-state index contributed by atoms with van der Waals surface area (Å²) in [4.78, 5) is 0. The van der Waals surface area contributed by atoms with Crippen molar-refractivity contribution in [3.63, 3.8) is 0 Å². The van der Waals surface area contributed by atoms with Gasteiger partial charge in [-0.05, 0) is 0 Å². The summed E-state index contributed by atoms with van der Waals surface area (Å²) in [5.74, 6) is 0. The van der Waals surface area contributed by atoms with Crippen LogP contribution in [0.1, 0.15) is 1.43 Å². The second kappa shape index (κ2) is 1.47. The van der Waals surface area contributed by atoms with E-state index < -0.39 is 12.7 Å². The molecular formula is C2H6F3N. The van der Waals surface area contributed by atoms with E-state index in [2.05, 4.69) is 5.73 Å². The lowest BCUT2D eigenvalue weighted by molar-refractivity contribution is -0.118. The summed E-state index contributed by atoms with van der Waals surface area (Å²) < 4.78 is 32.0. The van der Waals surface area contributed by atoms with Crippen molar-refractivity contribution >= 4 is 0 Å². The molecule has 40 valence electrons. The van der Waals surface area contributed by atoms with Gasteiger partial charge in [-0.3, -0.25) is 0 Å². The fourth-order valence-electron chi connectivity index (χ4n) is 0. The van der Waals surface area contributed by atoms with Gasteiger partial charge in [0.05, 0.1) is 6.54 Å². The highest BCUT2D eigenvalue weighted by Gasteiger charge is 2.23. The molecule has 0 bridgehead atoms. The van der Waals surface area contributed by atoms with Crippen molar-refractivity contribution in [3.8, 4) is 0 Å². The van der Waals surface area contributed by atoms with Crippen LogP contribution in [0.3, 0.4) is 0 Å². The first-order valence-corrected chi connectivity index (χ1v) is 1.33. The Kier molecular flexibility index (Phi) is 1.40. The second-order valence-electron chi connectivity index (χ2n) is 0.819. The SMILES string of the molecule is NCC(F)(F)F.[HH]. The van der Waals surface area contributed by atoms with Crippen LogP contribution >= 0.6 is 0 Å². The maximum atomic E-state index is 10.7. The van der Waals surface area contributed by atoms with Gasteiger partial charge in [0.25, 0.3) is 0 Å². The molecule has 0 aliphatic heterocycles. The Morgan fingerprint density at radius 1 is 1.50 bits per heavy atom. The van der Waals surface area contributed by atoms with Gasteiger partial charge in [0.2, 0.25) is 0 Å². The highest BCUT2D eigenvalue weighted by atomic mass is 19.4. The van der Waals surface area contributed by atoms with Gasteiger partial charge in [0.1, 0.15) is 0 Å². The van der Waals surface area contributed by atoms with E-state index in [9.17, 15) is 13.2 Å². The third-order valence-electron chi connectivity index (χ3n) is 0.231. The first kappa shape index (κ1) is 5.75. The molecular weight excluding hydrogens is 95.0 g/mol. The molecule has 0 saturated heterocycles. The zero-order valence-electron chi connectivity index (χ0n) is 2.92. The Balaban J connectivity index is 0. The van der Waals surface area contributed by atoms with Gasteiger partial charge in [-0.15, -0.1) is 0 Å². The molecule has 0 spiro atoms. The van der Waals surface area contributed by atoms with E-state index in [-0.39, 0.29) is 1.43 Å². The second-order valence-corrected chi connectivity index (χ2v) is 0.819. The number of nitrogens with two attached hydrogens (primary N) is 1. The quantitative estimate of drug-likeness (QED) is 0.478. The summed E-state index contributed by atoms with van der Waals surface area (Å²) in [6.45, 7) is -1.23. The Hall–Kier alpha value is -0.250. The molecule has 0 heterocycles. The molecule has 0 unspecified atom stereocenters. The lowest BCUT2D eigenvalue weighted by Gasteiger charge is -1.96. The van der Waals surface area contributed by atoms with Gasteiger partial charge in [-0.25, -0.2) is 0 Å². The summed E-state index contributed by atoms with van der Waals surface area (Å²) in [7, 11) is 0. The van der Waals surface area contributed by atoms with Crippen molar-refractivity contribution in [2.45, 2.75) is 6.18 Å². The topological polar surface area (TPSA) is 26.0 Å². The Labute approximate surface area is 34.4 Å². The van der Waals surface area contributed by atoms with Crippen LogP contribution < -0.4 is 5.73 Å². The fraction of sp³-hybridized carbons (Fsp3) is 1.00. The highest BCUT2D eigenvalue weighted by Crippen LogP contribution is 2.10. The maximum absolute atomic E-state index is 10.7. The summed E-state index contributed by atoms with van der Waals surface area (Å²) in [5.41, 5.74) is 4.18. The molecule has 4 heteroatoms. The van der Waals surface area contributed by atoms with Gasteiger partial charge in [0.15, 0.2) is 0 Å². The van der Waals surface area contributed by atoms with Crippen molar-refractivity contribution in [1.82, 2.24) is 0 Å². The van der Waals surface area contributed by atoms with Crippen LogP contribution in [0.2, 0.25) is 0 Å². The van der Waals surface area contributed by atoms with Crippen molar-refractivity contribution in [2.75, 3.05) is 6.54 Å². The number of rotatable bonds is 0. The first-order chi connectivity index (χ1) is 2.56. The molecule has 6 heavy (non-hydrogen) atoms. The minimum atomic E-state index is -4.18. The lowest BCUT2D eigenvalue weighted by atomic mass is 10.7. The largest absolute Gasteiger partial charge is 0.400 e. The maximum Gasteiger partial charge on any atom is 0.400 e. The van der Waals surface area contributed by atoms with Crippen molar-refractivity contribution < 1.29 is 14.6 Å². The highest BCUT2D eigenvalue weighted by molar-refractivity contribution is 4.44. The summed E-state index contributed by atoms with van der Waals surface area (Å²) in [5, 5.41) is 0. The molecule has 2 N–H and O–H groups in total. The standard InChI is InChI=1S/C2H4F3N.H2/c3-2(4,5)1-6;/h1,6H2;1H. The van der Waals surface area contributed by atoms with E-state index in [4.69, 9.17) is 0 Å². The smallest absolute Gasteiger partial charge is 0.323 e. The molecule has 0 fully saturated rings. The van der Waals surface area contributed by atoms with Crippen LogP contribution in [0.5, 0.6) is 0 Å². The molecule has 0 aliphatic carbocycles. The number of hydrogen-bond donors (Lipinski definition) is 1. The van der Waals surface area contributed by atoms with Gasteiger partial charge in [0, 0.05) is 1.43 Å². The van der Waals surface area contributed by atoms with Crippen molar-refractivity contribution in [2.24, 2.45) is 5.73 Å². The zero-order chi connectivity index (χ0) is 5.21. The van der Waals surface area contributed by atoms with Crippen LogP contribution in [-0.4, -0.2) is 12.7 Å². The molecule has 0 aromatic carbocycles. The molecule has 0 radical (unpaired) electrons. The predicted octanol–water partition coefficient (Wildman–Crippen LogP) is 0.753. The molecule has 0 aromatic rings. The molecule has 0 saturated carbocycles. The summed E-state index contributed by atoms with van der Waals surface area (Å²) in [6, 6.07) is 0. The summed E-state index contributed by atoms with van der Waals surface area (Å²) >= 11 is 0. The van der Waals surface area contributed by atoms with E-state index in [1.807, 2.05) is 0 Å². The number of alkyl halides is 3. The van der Waals surface area contributed by atoms with Crippen LogP contribution in [0.15, 0.2) is 0 Å². The van der Waals surface area contributed by atoms with E-state index in [0.717, 1.165) is 0 Å². The van der Waals surface area contributed by atoms with E-state index >= 15 is 0 Å². The van der Waals surface area contributed by atoms with Crippen LogP contribution in [-0.2, 0) is 0 Å².